The Balaban J connectivity index is 0.000000147. The van der Waals surface area contributed by atoms with Crippen molar-refractivity contribution in [3.63, 3.8) is 0 Å². The van der Waals surface area contributed by atoms with Gasteiger partial charge in [-0.15, -0.1) is 0 Å². The molecule has 0 heteroatoms. The van der Waals surface area contributed by atoms with Crippen LogP contribution in [0.15, 0.2) is 60.7 Å². The zero-order valence-electron chi connectivity index (χ0n) is 12.0. The number of rotatable bonds is 0. The summed E-state index contributed by atoms with van der Waals surface area (Å²) >= 11 is 0. The highest BCUT2D eigenvalue weighted by Gasteiger charge is 2.15. The molecule has 2 aromatic rings. The van der Waals surface area contributed by atoms with Crippen LogP contribution in [0.4, 0.5) is 0 Å². The van der Waals surface area contributed by atoms with Crippen LogP contribution >= 0.6 is 0 Å². The lowest BCUT2D eigenvalue weighted by Gasteiger charge is -1.98. The monoisotopic (exact) mass is 262 g/mol. The van der Waals surface area contributed by atoms with Gasteiger partial charge in [-0.3, -0.25) is 0 Å². The molecule has 0 atom stereocenters. The predicted octanol–water partition coefficient (Wildman–Crippen LogP) is 5.76. The van der Waals surface area contributed by atoms with Gasteiger partial charge in [0.15, 0.2) is 0 Å². The Morgan fingerprint density at radius 3 is 1.60 bits per heavy atom. The molecule has 0 nitrogen and oxygen atoms in total. The molecule has 0 bridgehead atoms. The van der Waals surface area contributed by atoms with Crippen molar-refractivity contribution in [2.24, 2.45) is 0 Å². The van der Waals surface area contributed by atoms with E-state index in [0.717, 1.165) is 6.42 Å². The second kappa shape index (κ2) is 6.56. The van der Waals surface area contributed by atoms with E-state index in [4.69, 9.17) is 0 Å². The highest BCUT2D eigenvalue weighted by Crippen LogP contribution is 2.35. The van der Waals surface area contributed by atoms with Crippen LogP contribution in [0.25, 0.3) is 11.1 Å². The number of benzene rings is 2. The standard InChI is InChI=1S/C13H10.C7H12/c1-3-7-12-10(5-1)9-11-6-2-4-8-13(11)12;1-2-4-6-7-5-3-1/h1-8H,9H2;1-2H,3-7H2. The lowest BCUT2D eigenvalue weighted by Crippen LogP contribution is -1.77. The molecule has 0 unspecified atom stereocenters. The molecule has 4 rings (SSSR count). The van der Waals surface area contributed by atoms with E-state index >= 15 is 0 Å². The lowest BCUT2D eigenvalue weighted by atomic mass is 10.1. The van der Waals surface area contributed by atoms with Gasteiger partial charge in [-0.2, -0.15) is 0 Å². The van der Waals surface area contributed by atoms with Crippen molar-refractivity contribution < 1.29 is 0 Å². The summed E-state index contributed by atoms with van der Waals surface area (Å²) in [5.74, 6) is 0. The fraction of sp³-hybridized carbons (Fsp3) is 0.300. The fourth-order valence-electron chi connectivity index (χ4n) is 3.02. The average molecular weight is 262 g/mol. The summed E-state index contributed by atoms with van der Waals surface area (Å²) < 4.78 is 0. The van der Waals surface area contributed by atoms with Gasteiger partial charge in [-0.25, -0.2) is 0 Å². The van der Waals surface area contributed by atoms with Crippen LogP contribution in [0.1, 0.15) is 43.2 Å². The molecule has 0 aromatic heterocycles. The summed E-state index contributed by atoms with van der Waals surface area (Å²) in [4.78, 5) is 0. The lowest BCUT2D eigenvalue weighted by molar-refractivity contribution is 0.718. The zero-order valence-corrected chi connectivity index (χ0v) is 12.0. The summed E-state index contributed by atoms with van der Waals surface area (Å²) in [5.41, 5.74) is 5.75. The molecule has 0 aliphatic heterocycles. The van der Waals surface area contributed by atoms with Crippen molar-refractivity contribution in [3.05, 3.63) is 71.8 Å². The molecule has 0 saturated carbocycles. The number of allylic oxidation sites excluding steroid dienone is 2. The van der Waals surface area contributed by atoms with Gasteiger partial charge >= 0.3 is 0 Å². The van der Waals surface area contributed by atoms with E-state index in [0.29, 0.717) is 0 Å². The van der Waals surface area contributed by atoms with Crippen molar-refractivity contribution in [2.75, 3.05) is 0 Å². The van der Waals surface area contributed by atoms with Crippen molar-refractivity contribution in [1.29, 1.82) is 0 Å². The Morgan fingerprint density at radius 1 is 0.550 bits per heavy atom. The first-order chi connectivity index (χ1) is 9.95. The molecule has 0 spiro atoms. The molecule has 2 aliphatic carbocycles. The van der Waals surface area contributed by atoms with Crippen LogP contribution in [-0.2, 0) is 6.42 Å². The Labute approximate surface area is 122 Å². The molecule has 0 N–H and O–H groups in total. The molecule has 2 aromatic carbocycles. The van der Waals surface area contributed by atoms with E-state index in [1.807, 2.05) is 0 Å². The summed E-state index contributed by atoms with van der Waals surface area (Å²) in [5, 5.41) is 0. The minimum absolute atomic E-state index is 1.10. The Bertz CT molecular complexity index is 541. The highest BCUT2D eigenvalue weighted by atomic mass is 14.2. The zero-order chi connectivity index (χ0) is 13.6. The molecule has 20 heavy (non-hydrogen) atoms. The molecule has 0 amide bonds. The first-order valence-corrected chi connectivity index (χ1v) is 7.76. The van der Waals surface area contributed by atoms with Gasteiger partial charge in [0.25, 0.3) is 0 Å². The second-order valence-electron chi connectivity index (χ2n) is 5.60. The predicted molar refractivity (Wildman–Crippen MR) is 86.9 cm³/mol. The van der Waals surface area contributed by atoms with E-state index in [-0.39, 0.29) is 0 Å². The maximum atomic E-state index is 2.30. The SMILES string of the molecule is C1=CCCCCC1.c1ccc2c(c1)Cc1ccccc1-2. The average Bonchev–Trinajstić information content (AvgIpc) is 2.68. The summed E-state index contributed by atoms with van der Waals surface area (Å²) in [6.45, 7) is 0. The van der Waals surface area contributed by atoms with Crippen molar-refractivity contribution in [3.8, 4) is 11.1 Å². The third-order valence-electron chi connectivity index (χ3n) is 4.11. The Kier molecular flexibility index (Phi) is 4.32. The van der Waals surface area contributed by atoms with Crippen molar-refractivity contribution in [2.45, 2.75) is 38.5 Å². The van der Waals surface area contributed by atoms with Gasteiger partial charge in [0, 0.05) is 0 Å². The van der Waals surface area contributed by atoms with Gasteiger partial charge in [0.05, 0.1) is 0 Å². The van der Waals surface area contributed by atoms with Gasteiger partial charge in [-0.05, 0) is 54.4 Å². The number of hydrogen-bond donors (Lipinski definition) is 0. The van der Waals surface area contributed by atoms with Gasteiger partial charge in [-0.1, -0.05) is 67.1 Å². The quantitative estimate of drug-likeness (QED) is 0.451. The maximum absolute atomic E-state index is 2.30. The first-order valence-electron chi connectivity index (χ1n) is 7.76. The summed E-state index contributed by atoms with van der Waals surface area (Å²) in [7, 11) is 0. The fourth-order valence-corrected chi connectivity index (χ4v) is 3.02. The normalized spacial score (nSPS) is 15.6. The molecule has 2 aliphatic rings. The molecular formula is C20H22. The number of hydrogen-bond acceptors (Lipinski definition) is 0. The first kappa shape index (κ1) is 13.2. The molecule has 0 heterocycles. The maximum Gasteiger partial charge on any atom is -0.00135 e. The van der Waals surface area contributed by atoms with Crippen LogP contribution in [0, 0.1) is 0 Å². The Hall–Kier alpha value is -1.82. The van der Waals surface area contributed by atoms with Crippen LogP contribution in [0.2, 0.25) is 0 Å². The number of fused-ring (bicyclic) bond motifs is 3. The van der Waals surface area contributed by atoms with E-state index in [2.05, 4.69) is 60.7 Å². The minimum Gasteiger partial charge on any atom is -0.0885 e. The van der Waals surface area contributed by atoms with Gasteiger partial charge in [0.2, 0.25) is 0 Å². The largest absolute Gasteiger partial charge is 0.0885 e. The van der Waals surface area contributed by atoms with E-state index in [1.54, 1.807) is 0 Å². The van der Waals surface area contributed by atoms with E-state index < -0.39 is 0 Å². The van der Waals surface area contributed by atoms with Gasteiger partial charge in [0.1, 0.15) is 0 Å². The van der Waals surface area contributed by atoms with Crippen LogP contribution in [0.3, 0.4) is 0 Å². The highest BCUT2D eigenvalue weighted by molar-refractivity contribution is 5.76. The molecule has 0 saturated heterocycles. The third-order valence-corrected chi connectivity index (χ3v) is 4.11. The Morgan fingerprint density at radius 2 is 1.05 bits per heavy atom. The van der Waals surface area contributed by atoms with E-state index in [9.17, 15) is 0 Å². The summed E-state index contributed by atoms with van der Waals surface area (Å²) in [6.07, 6.45) is 12.6. The van der Waals surface area contributed by atoms with E-state index in [1.165, 1.54) is 54.4 Å². The molecular weight excluding hydrogens is 240 g/mol. The van der Waals surface area contributed by atoms with Crippen molar-refractivity contribution >= 4 is 0 Å². The third kappa shape index (κ3) is 3.01. The van der Waals surface area contributed by atoms with Crippen molar-refractivity contribution in [1.82, 2.24) is 0 Å². The second-order valence-corrected chi connectivity index (χ2v) is 5.60. The van der Waals surface area contributed by atoms with Gasteiger partial charge < -0.3 is 0 Å². The van der Waals surface area contributed by atoms with Crippen LogP contribution in [-0.4, -0.2) is 0 Å². The minimum atomic E-state index is 1.10. The molecule has 0 radical (unpaired) electrons. The topological polar surface area (TPSA) is 0 Å². The van der Waals surface area contributed by atoms with Crippen LogP contribution < -0.4 is 0 Å². The van der Waals surface area contributed by atoms with Crippen LogP contribution in [0.5, 0.6) is 0 Å². The molecule has 102 valence electrons. The smallest absolute Gasteiger partial charge is 0.00135 e. The molecule has 0 fully saturated rings. The summed E-state index contributed by atoms with van der Waals surface area (Å²) in [6, 6.07) is 17.3.